The molecule has 0 aliphatic carbocycles. The summed E-state index contributed by atoms with van der Waals surface area (Å²) in [6, 6.07) is 16.3. The van der Waals surface area contributed by atoms with E-state index in [2.05, 4.69) is 36.5 Å². The molecule has 0 aliphatic rings. The average molecular weight is 436 g/mol. The Morgan fingerprint density at radius 1 is 1.10 bits per heavy atom. The van der Waals surface area contributed by atoms with Crippen LogP contribution in [0.15, 0.2) is 59.7 Å². The summed E-state index contributed by atoms with van der Waals surface area (Å²) in [5, 5.41) is 4.63. The van der Waals surface area contributed by atoms with Gasteiger partial charge < -0.3 is 0 Å². The number of nitrogens with one attached hydrogen (secondary N) is 1. The van der Waals surface area contributed by atoms with Crippen LogP contribution in [-0.4, -0.2) is 32.8 Å². The highest BCUT2D eigenvalue weighted by Gasteiger charge is 2.23. The van der Waals surface area contributed by atoms with Crippen molar-refractivity contribution in [1.29, 1.82) is 0 Å². The minimum atomic E-state index is -3.65. The third-order valence-electron chi connectivity index (χ3n) is 4.43. The smallest absolute Gasteiger partial charge is 0.260 e. The van der Waals surface area contributed by atoms with Gasteiger partial charge in [0.25, 0.3) is 5.91 Å². The van der Waals surface area contributed by atoms with Gasteiger partial charge in [0.2, 0.25) is 10.0 Å². The first-order chi connectivity index (χ1) is 13.5. The molecule has 0 saturated heterocycles. The maximum Gasteiger partial charge on any atom is 0.260 e. The van der Waals surface area contributed by atoms with Crippen LogP contribution in [0.1, 0.15) is 32.8 Å². The molecule has 1 amide bonds. The maximum absolute atomic E-state index is 12.3. The number of carbonyl (C=O) groups is 1. The molecule has 1 N–H and O–H groups in total. The Morgan fingerprint density at radius 2 is 1.69 bits per heavy atom. The van der Waals surface area contributed by atoms with Crippen LogP contribution in [0.25, 0.3) is 0 Å². The second-order valence-electron chi connectivity index (χ2n) is 7.55. The average Bonchev–Trinajstić information content (AvgIpc) is 2.65. The van der Waals surface area contributed by atoms with Crippen LogP contribution in [0.5, 0.6) is 0 Å². The van der Waals surface area contributed by atoms with Crippen LogP contribution < -0.4 is 9.73 Å². The molecule has 156 valence electrons. The number of amides is 1. The summed E-state index contributed by atoms with van der Waals surface area (Å²) in [6.07, 6.45) is 1.69. The van der Waals surface area contributed by atoms with Gasteiger partial charge in [-0.15, -0.1) is 0 Å². The van der Waals surface area contributed by atoms with E-state index in [1.54, 1.807) is 24.3 Å². The van der Waals surface area contributed by atoms with Gasteiger partial charge in [0, 0.05) is 10.7 Å². The molecule has 0 unspecified atom stereocenters. The summed E-state index contributed by atoms with van der Waals surface area (Å²) in [7, 11) is -3.65. The molecule has 0 saturated carbocycles. The van der Waals surface area contributed by atoms with Crippen molar-refractivity contribution < 1.29 is 13.2 Å². The first-order valence-electron chi connectivity index (χ1n) is 9.10. The first-order valence-corrected chi connectivity index (χ1v) is 11.3. The van der Waals surface area contributed by atoms with Crippen molar-refractivity contribution in [3.8, 4) is 0 Å². The van der Waals surface area contributed by atoms with E-state index in [-0.39, 0.29) is 12.0 Å². The van der Waals surface area contributed by atoms with E-state index in [4.69, 9.17) is 11.6 Å². The molecule has 29 heavy (non-hydrogen) atoms. The van der Waals surface area contributed by atoms with Crippen molar-refractivity contribution >= 4 is 38.9 Å². The summed E-state index contributed by atoms with van der Waals surface area (Å²) < 4.78 is 25.2. The van der Waals surface area contributed by atoms with Gasteiger partial charge in [-0.2, -0.15) is 5.10 Å². The number of rotatable bonds is 8. The summed E-state index contributed by atoms with van der Waals surface area (Å²) in [5.74, 6) is -0.526. The van der Waals surface area contributed by atoms with Crippen LogP contribution in [0, 0.1) is 0 Å². The van der Waals surface area contributed by atoms with Crippen LogP contribution in [0.3, 0.4) is 0 Å². The molecular weight excluding hydrogens is 410 g/mol. The number of anilines is 1. The van der Waals surface area contributed by atoms with Crippen LogP contribution in [-0.2, 0) is 20.2 Å². The molecule has 0 fully saturated rings. The molecule has 0 aliphatic heterocycles. The van der Waals surface area contributed by atoms with Crippen LogP contribution in [0.2, 0.25) is 5.02 Å². The molecule has 2 aromatic rings. The molecule has 0 heterocycles. The number of nitrogens with zero attached hydrogens (tertiary/aromatic N) is 2. The predicted octanol–water partition coefficient (Wildman–Crippen LogP) is 3.97. The van der Waals surface area contributed by atoms with Gasteiger partial charge in [-0.1, -0.05) is 55.8 Å². The van der Waals surface area contributed by atoms with Crippen LogP contribution in [0.4, 0.5) is 5.69 Å². The Morgan fingerprint density at radius 3 is 2.24 bits per heavy atom. The fraction of sp³-hybridized carbons (Fsp3) is 0.333. The van der Waals surface area contributed by atoms with Gasteiger partial charge in [-0.3, -0.25) is 9.10 Å². The summed E-state index contributed by atoms with van der Waals surface area (Å²) in [5.41, 5.74) is 4.58. The van der Waals surface area contributed by atoms with Crippen molar-refractivity contribution in [3.63, 3.8) is 0 Å². The maximum atomic E-state index is 12.3. The number of hydrogen-bond donors (Lipinski definition) is 1. The van der Waals surface area contributed by atoms with E-state index in [1.165, 1.54) is 5.56 Å². The van der Waals surface area contributed by atoms with E-state index in [1.807, 2.05) is 25.1 Å². The molecule has 2 rings (SSSR count). The first kappa shape index (κ1) is 22.9. The van der Waals surface area contributed by atoms with Crippen LogP contribution >= 0.6 is 11.6 Å². The minimum Gasteiger partial charge on any atom is -0.271 e. The fourth-order valence-corrected chi connectivity index (χ4v) is 3.98. The van der Waals surface area contributed by atoms with E-state index in [0.717, 1.165) is 16.3 Å². The van der Waals surface area contributed by atoms with E-state index in [0.29, 0.717) is 17.1 Å². The lowest BCUT2D eigenvalue weighted by Crippen LogP contribution is -2.39. The van der Waals surface area contributed by atoms with E-state index < -0.39 is 15.9 Å². The third kappa shape index (κ3) is 6.87. The second-order valence-corrected chi connectivity index (χ2v) is 9.90. The summed E-state index contributed by atoms with van der Waals surface area (Å²) in [6.45, 7) is 5.67. The second kappa shape index (κ2) is 9.41. The number of carbonyl (C=O) groups excluding carboxylic acids is 1. The number of hydrogen-bond acceptors (Lipinski definition) is 4. The van der Waals surface area contributed by atoms with Gasteiger partial charge in [0.15, 0.2) is 0 Å². The minimum absolute atomic E-state index is 0.151. The lowest BCUT2D eigenvalue weighted by Gasteiger charge is -2.25. The largest absolute Gasteiger partial charge is 0.271 e. The number of benzene rings is 2. The van der Waals surface area contributed by atoms with E-state index >= 15 is 0 Å². The number of hydrazone groups is 1. The molecule has 0 bridgehead atoms. The van der Waals surface area contributed by atoms with Crippen molar-refractivity contribution in [2.45, 2.75) is 32.6 Å². The van der Waals surface area contributed by atoms with Gasteiger partial charge in [0.05, 0.1) is 11.9 Å². The topological polar surface area (TPSA) is 78.8 Å². The molecular formula is C21H26ClN3O3S. The zero-order valence-corrected chi connectivity index (χ0v) is 18.6. The Balaban J connectivity index is 2.05. The molecule has 0 spiro atoms. The Bertz CT molecular complexity index is 972. The zero-order valence-electron chi connectivity index (χ0n) is 17.0. The quantitative estimate of drug-likeness (QED) is 0.503. The number of halogens is 1. The molecule has 0 atom stereocenters. The van der Waals surface area contributed by atoms with Gasteiger partial charge in [-0.05, 0) is 48.6 Å². The lowest BCUT2D eigenvalue weighted by molar-refractivity contribution is -0.119. The zero-order chi connectivity index (χ0) is 21.7. The summed E-state index contributed by atoms with van der Waals surface area (Å²) in [4.78, 5) is 12.3. The number of sulfonamides is 1. The molecule has 2 aromatic carbocycles. The van der Waals surface area contributed by atoms with Crippen molar-refractivity contribution in [3.05, 3.63) is 65.2 Å². The SMILES string of the molecule is C/C(CC(C)(C)c1ccccc1)=N/NC(=O)CN(c1ccc(Cl)cc1)S(C)(=O)=O. The molecule has 0 aromatic heterocycles. The van der Waals surface area contributed by atoms with Gasteiger partial charge in [-0.25, -0.2) is 13.8 Å². The molecule has 6 nitrogen and oxygen atoms in total. The third-order valence-corrected chi connectivity index (χ3v) is 5.82. The van der Waals surface area contributed by atoms with Gasteiger partial charge >= 0.3 is 0 Å². The van der Waals surface area contributed by atoms with Crippen molar-refractivity contribution in [2.24, 2.45) is 5.10 Å². The highest BCUT2D eigenvalue weighted by molar-refractivity contribution is 7.92. The highest BCUT2D eigenvalue weighted by Crippen LogP contribution is 2.27. The van der Waals surface area contributed by atoms with Crippen molar-refractivity contribution in [2.75, 3.05) is 17.1 Å². The monoisotopic (exact) mass is 435 g/mol. The Labute approximate surface area is 177 Å². The van der Waals surface area contributed by atoms with Crippen molar-refractivity contribution in [1.82, 2.24) is 5.43 Å². The summed E-state index contributed by atoms with van der Waals surface area (Å²) >= 11 is 5.85. The molecule has 0 radical (unpaired) electrons. The van der Waals surface area contributed by atoms with E-state index in [9.17, 15) is 13.2 Å². The normalized spacial score (nSPS) is 12.5. The lowest BCUT2D eigenvalue weighted by atomic mass is 9.80. The van der Waals surface area contributed by atoms with Gasteiger partial charge in [0.1, 0.15) is 6.54 Å². The highest BCUT2D eigenvalue weighted by atomic mass is 35.5. The Hall–Kier alpha value is -2.38. The predicted molar refractivity (Wildman–Crippen MR) is 119 cm³/mol. The standard InChI is InChI=1S/C21H26ClN3O3S/c1-16(14-21(2,3)17-8-6-5-7-9-17)23-24-20(26)15-25(29(4,27)28)19-12-10-18(22)11-13-19/h5-13H,14-15H2,1-4H3,(H,24,26)/b23-16-. The Kier molecular flexibility index (Phi) is 7.43. The molecule has 8 heteroatoms. The fourth-order valence-electron chi connectivity index (χ4n) is 3.00.